The zero-order chi connectivity index (χ0) is 20.1. The van der Waals surface area contributed by atoms with E-state index in [0.29, 0.717) is 6.04 Å². The Morgan fingerprint density at radius 1 is 0.964 bits per heavy atom. The fourth-order valence-corrected chi connectivity index (χ4v) is 3.83. The Balaban J connectivity index is 1.67. The predicted molar refractivity (Wildman–Crippen MR) is 118 cm³/mol. The molecule has 0 aliphatic carbocycles. The van der Waals surface area contributed by atoms with E-state index in [2.05, 4.69) is 79.1 Å². The van der Waals surface area contributed by atoms with Crippen LogP contribution < -0.4 is 4.90 Å². The number of rotatable bonds is 7. The van der Waals surface area contributed by atoms with E-state index in [1.165, 1.54) is 22.4 Å². The lowest BCUT2D eigenvalue weighted by Gasteiger charge is -2.38. The van der Waals surface area contributed by atoms with Gasteiger partial charge < -0.3 is 9.80 Å². The van der Waals surface area contributed by atoms with Crippen LogP contribution in [0.15, 0.2) is 48.5 Å². The van der Waals surface area contributed by atoms with Crippen LogP contribution in [0.4, 0.5) is 5.69 Å². The highest BCUT2D eigenvalue weighted by Crippen LogP contribution is 2.25. The summed E-state index contributed by atoms with van der Waals surface area (Å²) in [7, 11) is 1.83. The van der Waals surface area contributed by atoms with Gasteiger partial charge in [-0.15, -0.1) is 0 Å². The summed E-state index contributed by atoms with van der Waals surface area (Å²) in [6.45, 7) is 11.1. The molecule has 1 aliphatic rings. The van der Waals surface area contributed by atoms with Crippen molar-refractivity contribution < 1.29 is 4.79 Å². The number of nitrogens with zero attached hydrogens (tertiary/aromatic N) is 3. The van der Waals surface area contributed by atoms with Crippen molar-refractivity contribution in [1.82, 2.24) is 9.80 Å². The first-order chi connectivity index (χ1) is 13.5. The van der Waals surface area contributed by atoms with E-state index in [0.717, 1.165) is 39.0 Å². The average Bonchev–Trinajstić information content (AvgIpc) is 2.73. The van der Waals surface area contributed by atoms with E-state index in [9.17, 15) is 4.79 Å². The number of carbonyl (C=O) groups excluding carboxylic acids is 1. The standard InChI is InChI=1S/C24H33N3O/c1-19(2)26-12-14-27(15-13-26)24-10-8-22(9-11-24)23-7-5-6-21(17-23)16-20(3)25(4)18-28/h5-11,17-20H,12-16H2,1-4H3. The first-order valence-corrected chi connectivity index (χ1v) is 10.3. The highest BCUT2D eigenvalue weighted by Gasteiger charge is 2.19. The number of anilines is 1. The van der Waals surface area contributed by atoms with Crippen LogP contribution in [0.5, 0.6) is 0 Å². The highest BCUT2D eigenvalue weighted by molar-refractivity contribution is 5.67. The van der Waals surface area contributed by atoms with Crippen LogP contribution in [0, 0.1) is 0 Å². The number of hydrogen-bond acceptors (Lipinski definition) is 3. The second-order valence-corrected chi connectivity index (χ2v) is 8.19. The van der Waals surface area contributed by atoms with E-state index >= 15 is 0 Å². The van der Waals surface area contributed by atoms with Crippen LogP contribution in [0.25, 0.3) is 11.1 Å². The summed E-state index contributed by atoms with van der Waals surface area (Å²) in [6.07, 6.45) is 1.76. The van der Waals surface area contributed by atoms with Crippen molar-refractivity contribution in [2.75, 3.05) is 38.1 Å². The molecule has 0 N–H and O–H groups in total. The van der Waals surface area contributed by atoms with Gasteiger partial charge in [-0.1, -0.05) is 36.4 Å². The molecule has 0 spiro atoms. The number of piperazine rings is 1. The molecule has 1 heterocycles. The van der Waals surface area contributed by atoms with Gasteiger partial charge in [-0.3, -0.25) is 9.69 Å². The smallest absolute Gasteiger partial charge is 0.209 e. The SMILES string of the molecule is CC(Cc1cccc(-c2ccc(N3CCN(C(C)C)CC3)cc2)c1)N(C)C=O. The van der Waals surface area contributed by atoms with Crippen molar-refractivity contribution in [3.63, 3.8) is 0 Å². The summed E-state index contributed by atoms with van der Waals surface area (Å²) in [4.78, 5) is 17.7. The first kappa shape index (κ1) is 20.4. The first-order valence-electron chi connectivity index (χ1n) is 10.3. The molecule has 0 bridgehead atoms. The monoisotopic (exact) mass is 379 g/mol. The second kappa shape index (κ2) is 9.24. The molecule has 28 heavy (non-hydrogen) atoms. The lowest BCUT2D eigenvalue weighted by Crippen LogP contribution is -2.48. The average molecular weight is 380 g/mol. The van der Waals surface area contributed by atoms with Gasteiger partial charge in [0, 0.05) is 51.0 Å². The molecular weight excluding hydrogens is 346 g/mol. The molecule has 0 saturated carbocycles. The molecule has 2 aromatic rings. The van der Waals surface area contributed by atoms with Crippen molar-refractivity contribution in [3.05, 3.63) is 54.1 Å². The minimum absolute atomic E-state index is 0.194. The fraction of sp³-hybridized carbons (Fsp3) is 0.458. The highest BCUT2D eigenvalue weighted by atomic mass is 16.1. The third kappa shape index (κ3) is 4.93. The second-order valence-electron chi connectivity index (χ2n) is 8.19. The zero-order valence-corrected chi connectivity index (χ0v) is 17.6. The molecule has 3 rings (SSSR count). The van der Waals surface area contributed by atoms with E-state index in [4.69, 9.17) is 0 Å². The van der Waals surface area contributed by atoms with Crippen LogP contribution in [-0.2, 0) is 11.2 Å². The van der Waals surface area contributed by atoms with Gasteiger partial charge >= 0.3 is 0 Å². The molecule has 1 unspecified atom stereocenters. The van der Waals surface area contributed by atoms with E-state index in [1.807, 2.05) is 7.05 Å². The lowest BCUT2D eigenvalue weighted by atomic mass is 9.99. The molecule has 1 amide bonds. The van der Waals surface area contributed by atoms with Gasteiger partial charge in [-0.25, -0.2) is 0 Å². The summed E-state index contributed by atoms with van der Waals surface area (Å²) < 4.78 is 0. The number of hydrogen-bond donors (Lipinski definition) is 0. The topological polar surface area (TPSA) is 26.8 Å². The van der Waals surface area contributed by atoms with Crippen LogP contribution in [0.1, 0.15) is 26.3 Å². The van der Waals surface area contributed by atoms with Gasteiger partial charge in [-0.2, -0.15) is 0 Å². The van der Waals surface area contributed by atoms with Gasteiger partial charge in [0.15, 0.2) is 0 Å². The van der Waals surface area contributed by atoms with E-state index in [-0.39, 0.29) is 6.04 Å². The maximum atomic E-state index is 11.0. The molecule has 0 radical (unpaired) electrons. The van der Waals surface area contributed by atoms with Crippen molar-refractivity contribution in [2.45, 2.75) is 39.3 Å². The van der Waals surface area contributed by atoms with Gasteiger partial charge in [0.2, 0.25) is 6.41 Å². The normalized spacial score (nSPS) is 16.2. The Kier molecular flexibility index (Phi) is 6.74. The van der Waals surface area contributed by atoms with Crippen molar-refractivity contribution in [1.29, 1.82) is 0 Å². The number of amides is 1. The van der Waals surface area contributed by atoms with Gasteiger partial charge in [0.1, 0.15) is 0 Å². The predicted octanol–water partition coefficient (Wildman–Crippen LogP) is 3.90. The molecule has 0 aromatic heterocycles. The van der Waals surface area contributed by atoms with Gasteiger partial charge in [0.05, 0.1) is 0 Å². The maximum absolute atomic E-state index is 11.0. The fourth-order valence-electron chi connectivity index (χ4n) is 3.83. The quantitative estimate of drug-likeness (QED) is 0.683. The molecule has 2 aromatic carbocycles. The molecule has 4 nitrogen and oxygen atoms in total. The molecule has 4 heteroatoms. The number of carbonyl (C=O) groups is 1. The Morgan fingerprint density at radius 3 is 2.25 bits per heavy atom. The van der Waals surface area contributed by atoms with Crippen molar-refractivity contribution >= 4 is 12.1 Å². The molecule has 1 atom stereocenters. The summed E-state index contributed by atoms with van der Waals surface area (Å²) in [6, 6.07) is 18.4. The summed E-state index contributed by atoms with van der Waals surface area (Å²) >= 11 is 0. The van der Waals surface area contributed by atoms with Crippen LogP contribution in [0.2, 0.25) is 0 Å². The number of benzene rings is 2. The summed E-state index contributed by atoms with van der Waals surface area (Å²) in [5, 5.41) is 0. The van der Waals surface area contributed by atoms with E-state index < -0.39 is 0 Å². The molecule has 1 saturated heterocycles. The Morgan fingerprint density at radius 2 is 1.64 bits per heavy atom. The Bertz CT molecular complexity index is 764. The van der Waals surface area contributed by atoms with Crippen LogP contribution in [0.3, 0.4) is 0 Å². The van der Waals surface area contributed by atoms with Crippen molar-refractivity contribution in [3.8, 4) is 11.1 Å². The zero-order valence-electron chi connectivity index (χ0n) is 17.6. The minimum Gasteiger partial charge on any atom is -0.369 e. The van der Waals surface area contributed by atoms with Crippen LogP contribution >= 0.6 is 0 Å². The van der Waals surface area contributed by atoms with Crippen LogP contribution in [-0.4, -0.2) is 61.5 Å². The third-order valence-corrected chi connectivity index (χ3v) is 5.93. The summed E-state index contributed by atoms with van der Waals surface area (Å²) in [5.74, 6) is 0. The minimum atomic E-state index is 0.194. The Labute approximate surface area is 169 Å². The third-order valence-electron chi connectivity index (χ3n) is 5.93. The van der Waals surface area contributed by atoms with E-state index in [1.54, 1.807) is 4.90 Å². The Hall–Kier alpha value is -2.33. The van der Waals surface area contributed by atoms with Gasteiger partial charge in [-0.05, 0) is 56.0 Å². The molecule has 1 aliphatic heterocycles. The maximum Gasteiger partial charge on any atom is 0.209 e. The molecule has 1 fully saturated rings. The molecular formula is C24H33N3O. The largest absolute Gasteiger partial charge is 0.369 e. The summed E-state index contributed by atoms with van der Waals surface area (Å²) in [5.41, 5.74) is 5.04. The van der Waals surface area contributed by atoms with Gasteiger partial charge in [0.25, 0.3) is 0 Å². The van der Waals surface area contributed by atoms with Crippen molar-refractivity contribution in [2.24, 2.45) is 0 Å². The molecule has 150 valence electrons. The lowest BCUT2D eigenvalue weighted by molar-refractivity contribution is -0.118. The number of likely N-dealkylation sites (N-methyl/N-ethyl adjacent to an activating group) is 1.